The number of piperidine rings is 1. The second kappa shape index (κ2) is 7.29. The topological polar surface area (TPSA) is 83.6 Å². The molecule has 0 amide bonds. The Morgan fingerprint density at radius 3 is 2.35 bits per heavy atom. The van der Waals surface area contributed by atoms with Crippen LogP contribution in [0, 0.1) is 0 Å². The molecule has 0 spiro atoms. The first-order valence-corrected chi connectivity index (χ1v) is 11.1. The van der Waals surface area contributed by atoms with Crippen LogP contribution < -0.4 is 4.72 Å². The maximum Gasteiger partial charge on any atom is 0.243 e. The van der Waals surface area contributed by atoms with Crippen LogP contribution in [0.5, 0.6) is 0 Å². The Labute approximate surface area is 139 Å². The van der Waals surface area contributed by atoms with E-state index in [2.05, 4.69) is 4.72 Å². The molecule has 0 bridgehead atoms. The molecular formula is C15H24N2O4S2. The fraction of sp³-hybridized carbons (Fsp3) is 0.600. The zero-order valence-electron chi connectivity index (χ0n) is 13.5. The highest BCUT2D eigenvalue weighted by atomic mass is 32.2. The monoisotopic (exact) mass is 360 g/mol. The third-order valence-electron chi connectivity index (χ3n) is 4.05. The summed E-state index contributed by atoms with van der Waals surface area (Å²) >= 11 is 0. The van der Waals surface area contributed by atoms with Gasteiger partial charge in [0.25, 0.3) is 0 Å². The van der Waals surface area contributed by atoms with Crippen LogP contribution in [0.4, 0.5) is 0 Å². The van der Waals surface area contributed by atoms with E-state index in [1.54, 1.807) is 28.6 Å². The molecule has 1 aromatic rings. The molecule has 1 aliphatic heterocycles. The minimum absolute atomic E-state index is 0.0346. The number of nitrogens with zero attached hydrogens (tertiary/aromatic N) is 1. The first-order chi connectivity index (χ1) is 10.7. The van der Waals surface area contributed by atoms with E-state index < -0.39 is 20.0 Å². The fourth-order valence-electron chi connectivity index (χ4n) is 2.77. The molecule has 1 unspecified atom stereocenters. The Hall–Kier alpha value is -0.960. The van der Waals surface area contributed by atoms with Crippen LogP contribution in [0.2, 0.25) is 0 Å². The van der Waals surface area contributed by atoms with Gasteiger partial charge in [-0.05, 0) is 43.9 Å². The van der Waals surface area contributed by atoms with Gasteiger partial charge in [0.15, 0.2) is 0 Å². The van der Waals surface area contributed by atoms with Crippen molar-refractivity contribution in [1.29, 1.82) is 0 Å². The zero-order chi connectivity index (χ0) is 17.1. The lowest BCUT2D eigenvalue weighted by molar-refractivity contribution is 0.268. The van der Waals surface area contributed by atoms with Crippen molar-refractivity contribution in [2.24, 2.45) is 0 Å². The third kappa shape index (κ3) is 5.00. The van der Waals surface area contributed by atoms with Gasteiger partial charge in [0.2, 0.25) is 20.0 Å². The van der Waals surface area contributed by atoms with E-state index in [0.717, 1.165) is 31.1 Å². The van der Waals surface area contributed by atoms with Crippen LogP contribution in [0.1, 0.15) is 31.7 Å². The lowest BCUT2D eigenvalue weighted by Crippen LogP contribution is -2.41. The first kappa shape index (κ1) is 18.4. The van der Waals surface area contributed by atoms with Crippen LogP contribution in [0.15, 0.2) is 29.2 Å². The standard InChI is InChI=1S/C15H24N2O4S2/c1-13-5-3-4-12-17(13)23(20,21)15-8-6-14(7-9-15)10-11-16-22(2,18)19/h6-9,13,16H,3-5,10-12H2,1-2H3. The second-order valence-electron chi connectivity index (χ2n) is 6.02. The summed E-state index contributed by atoms with van der Waals surface area (Å²) in [5.74, 6) is 0. The molecule has 0 saturated carbocycles. The van der Waals surface area contributed by atoms with Gasteiger partial charge >= 0.3 is 0 Å². The maximum absolute atomic E-state index is 12.7. The van der Waals surface area contributed by atoms with Crippen molar-refractivity contribution in [3.63, 3.8) is 0 Å². The average molecular weight is 361 g/mol. The average Bonchev–Trinajstić information content (AvgIpc) is 2.47. The number of hydrogen-bond acceptors (Lipinski definition) is 4. The molecule has 0 aliphatic carbocycles. The molecule has 1 fully saturated rings. The number of nitrogens with one attached hydrogen (secondary N) is 1. The highest BCUT2D eigenvalue weighted by molar-refractivity contribution is 7.89. The number of rotatable bonds is 6. The third-order valence-corrected chi connectivity index (χ3v) is 6.81. The molecule has 1 atom stereocenters. The molecule has 1 saturated heterocycles. The van der Waals surface area contributed by atoms with Crippen LogP contribution in [0.25, 0.3) is 0 Å². The molecule has 0 radical (unpaired) electrons. The normalized spacial score (nSPS) is 20.5. The van der Waals surface area contributed by atoms with Gasteiger partial charge in [-0.1, -0.05) is 18.6 Å². The molecule has 130 valence electrons. The summed E-state index contributed by atoms with van der Waals surface area (Å²) in [6.07, 6.45) is 4.50. The Bertz CT molecular complexity index is 727. The summed E-state index contributed by atoms with van der Waals surface area (Å²) in [4.78, 5) is 0.297. The van der Waals surface area contributed by atoms with Crippen molar-refractivity contribution in [3.05, 3.63) is 29.8 Å². The molecule has 1 aromatic carbocycles. The van der Waals surface area contributed by atoms with E-state index in [-0.39, 0.29) is 6.04 Å². The first-order valence-electron chi connectivity index (χ1n) is 7.75. The molecule has 1 N–H and O–H groups in total. The van der Waals surface area contributed by atoms with Gasteiger partial charge in [-0.25, -0.2) is 21.6 Å². The van der Waals surface area contributed by atoms with Crippen molar-refractivity contribution < 1.29 is 16.8 Å². The maximum atomic E-state index is 12.7. The zero-order valence-corrected chi connectivity index (χ0v) is 15.2. The van der Waals surface area contributed by atoms with Gasteiger partial charge in [0.1, 0.15) is 0 Å². The van der Waals surface area contributed by atoms with Crippen molar-refractivity contribution in [1.82, 2.24) is 9.03 Å². The molecule has 8 heteroatoms. The Morgan fingerprint density at radius 2 is 1.78 bits per heavy atom. The van der Waals surface area contributed by atoms with Gasteiger partial charge in [-0.3, -0.25) is 0 Å². The minimum atomic E-state index is -3.45. The van der Waals surface area contributed by atoms with Gasteiger partial charge in [0.05, 0.1) is 11.2 Å². The summed E-state index contributed by atoms with van der Waals surface area (Å²) in [7, 11) is -6.65. The molecular weight excluding hydrogens is 336 g/mol. The van der Waals surface area contributed by atoms with E-state index >= 15 is 0 Å². The highest BCUT2D eigenvalue weighted by Gasteiger charge is 2.30. The van der Waals surface area contributed by atoms with E-state index in [1.165, 1.54) is 0 Å². The molecule has 2 rings (SSSR count). The lowest BCUT2D eigenvalue weighted by atomic mass is 10.1. The van der Waals surface area contributed by atoms with Crippen molar-refractivity contribution >= 4 is 20.0 Å². The molecule has 1 heterocycles. The Morgan fingerprint density at radius 1 is 1.13 bits per heavy atom. The van der Waals surface area contributed by atoms with Crippen molar-refractivity contribution in [2.75, 3.05) is 19.3 Å². The van der Waals surface area contributed by atoms with Gasteiger partial charge < -0.3 is 0 Å². The second-order valence-corrected chi connectivity index (χ2v) is 9.74. The summed E-state index contributed by atoms with van der Waals surface area (Å²) in [5, 5.41) is 0. The van der Waals surface area contributed by atoms with Gasteiger partial charge in [-0.2, -0.15) is 4.31 Å². The smallest absolute Gasteiger partial charge is 0.215 e. The SMILES string of the molecule is CC1CCCCN1S(=O)(=O)c1ccc(CCNS(C)(=O)=O)cc1. The predicted octanol–water partition coefficient (Wildman–Crippen LogP) is 1.34. The summed E-state index contributed by atoms with van der Waals surface area (Å²) in [5.41, 5.74) is 0.895. The molecule has 0 aromatic heterocycles. The quantitative estimate of drug-likeness (QED) is 0.830. The van der Waals surface area contributed by atoms with Crippen LogP contribution in [-0.2, 0) is 26.5 Å². The summed E-state index contributed by atoms with van der Waals surface area (Å²) in [6.45, 7) is 2.82. The van der Waals surface area contributed by atoms with Crippen LogP contribution in [-0.4, -0.2) is 46.5 Å². The highest BCUT2D eigenvalue weighted by Crippen LogP contribution is 2.25. The van der Waals surface area contributed by atoms with E-state index in [4.69, 9.17) is 0 Å². The van der Waals surface area contributed by atoms with Gasteiger partial charge in [-0.15, -0.1) is 0 Å². The summed E-state index contributed by atoms with van der Waals surface area (Å²) < 4.78 is 51.4. The fourth-order valence-corrected chi connectivity index (χ4v) is 4.95. The molecule has 23 heavy (non-hydrogen) atoms. The Balaban J connectivity index is 2.06. The number of hydrogen-bond donors (Lipinski definition) is 1. The van der Waals surface area contributed by atoms with Gasteiger partial charge in [0, 0.05) is 19.1 Å². The predicted molar refractivity (Wildman–Crippen MR) is 90.2 cm³/mol. The molecule has 1 aliphatic rings. The van der Waals surface area contributed by atoms with E-state index in [9.17, 15) is 16.8 Å². The largest absolute Gasteiger partial charge is 0.243 e. The van der Waals surface area contributed by atoms with Crippen LogP contribution >= 0.6 is 0 Å². The lowest BCUT2D eigenvalue weighted by Gasteiger charge is -2.32. The van der Waals surface area contributed by atoms with Crippen molar-refractivity contribution in [3.8, 4) is 0 Å². The van der Waals surface area contributed by atoms with Crippen molar-refractivity contribution in [2.45, 2.75) is 43.5 Å². The number of sulfonamides is 2. The summed E-state index contributed by atoms with van der Waals surface area (Å²) in [6, 6.07) is 6.72. The van der Waals surface area contributed by atoms with E-state index in [1.807, 2.05) is 6.92 Å². The number of benzene rings is 1. The molecule has 6 nitrogen and oxygen atoms in total. The van der Waals surface area contributed by atoms with E-state index in [0.29, 0.717) is 24.4 Å². The minimum Gasteiger partial charge on any atom is -0.215 e. The van der Waals surface area contributed by atoms with Crippen LogP contribution in [0.3, 0.4) is 0 Å². The Kier molecular flexibility index (Phi) is 5.83.